The molecule has 6 nitrogen and oxygen atoms in total. The smallest absolute Gasteiger partial charge is 0.233 e. The van der Waals surface area contributed by atoms with Crippen molar-refractivity contribution >= 4 is 17.3 Å². The van der Waals surface area contributed by atoms with Crippen LogP contribution in [-0.4, -0.2) is 31.2 Å². The molecule has 0 saturated heterocycles. The first kappa shape index (κ1) is 16.0. The van der Waals surface area contributed by atoms with Crippen molar-refractivity contribution in [2.75, 3.05) is 29.9 Å². The monoisotopic (exact) mass is 328 g/mol. The molecule has 1 amide bonds. The number of nitriles is 1. The van der Waals surface area contributed by atoms with Crippen LogP contribution in [0.25, 0.3) is 0 Å². The van der Waals surface area contributed by atoms with Gasteiger partial charge < -0.3 is 14.3 Å². The SMILES string of the molecule is Cc1onc(CC(=O)N2CCCN(C)c3ccc(F)cc32)c1C#N. The Balaban J connectivity index is 1.94. The highest BCUT2D eigenvalue weighted by atomic mass is 19.1. The van der Waals surface area contributed by atoms with Gasteiger partial charge in [0.25, 0.3) is 0 Å². The van der Waals surface area contributed by atoms with E-state index in [4.69, 9.17) is 9.78 Å². The number of amides is 1. The lowest BCUT2D eigenvalue weighted by atomic mass is 10.1. The molecule has 0 spiro atoms. The molecular formula is C17H17FN4O2. The summed E-state index contributed by atoms with van der Waals surface area (Å²) >= 11 is 0. The van der Waals surface area contributed by atoms with E-state index in [1.807, 2.05) is 18.0 Å². The summed E-state index contributed by atoms with van der Waals surface area (Å²) in [6.45, 7) is 2.89. The van der Waals surface area contributed by atoms with E-state index in [0.717, 1.165) is 18.7 Å². The highest BCUT2D eigenvalue weighted by Gasteiger charge is 2.26. The van der Waals surface area contributed by atoms with Crippen LogP contribution in [0, 0.1) is 24.1 Å². The van der Waals surface area contributed by atoms with Crippen LogP contribution in [0.3, 0.4) is 0 Å². The van der Waals surface area contributed by atoms with Gasteiger partial charge in [-0.15, -0.1) is 0 Å². The van der Waals surface area contributed by atoms with Crippen LogP contribution in [0.4, 0.5) is 15.8 Å². The summed E-state index contributed by atoms with van der Waals surface area (Å²) in [7, 11) is 1.92. The molecule has 0 bridgehead atoms. The van der Waals surface area contributed by atoms with E-state index < -0.39 is 5.82 Å². The Morgan fingerprint density at radius 1 is 1.42 bits per heavy atom. The number of halogens is 1. The summed E-state index contributed by atoms with van der Waals surface area (Å²) in [6, 6.07) is 6.44. The average Bonchev–Trinajstić information content (AvgIpc) is 2.81. The van der Waals surface area contributed by atoms with Gasteiger partial charge in [-0.2, -0.15) is 5.26 Å². The molecule has 24 heavy (non-hydrogen) atoms. The van der Waals surface area contributed by atoms with Crippen molar-refractivity contribution in [3.8, 4) is 6.07 Å². The number of anilines is 2. The minimum Gasteiger partial charge on any atom is -0.373 e. The third-order valence-electron chi connectivity index (χ3n) is 4.18. The molecule has 0 atom stereocenters. The van der Waals surface area contributed by atoms with Crippen LogP contribution in [0.5, 0.6) is 0 Å². The van der Waals surface area contributed by atoms with Gasteiger partial charge in [0.15, 0.2) is 5.76 Å². The van der Waals surface area contributed by atoms with Crippen molar-refractivity contribution in [1.29, 1.82) is 5.26 Å². The van der Waals surface area contributed by atoms with E-state index in [2.05, 4.69) is 5.16 Å². The van der Waals surface area contributed by atoms with Gasteiger partial charge in [-0.1, -0.05) is 5.16 Å². The number of benzene rings is 1. The van der Waals surface area contributed by atoms with Crippen LogP contribution in [0.2, 0.25) is 0 Å². The summed E-state index contributed by atoms with van der Waals surface area (Å²) in [4.78, 5) is 16.3. The highest BCUT2D eigenvalue weighted by Crippen LogP contribution is 2.32. The lowest BCUT2D eigenvalue weighted by molar-refractivity contribution is -0.118. The van der Waals surface area contributed by atoms with Crippen molar-refractivity contribution in [2.24, 2.45) is 0 Å². The number of nitrogens with zero attached hydrogens (tertiary/aromatic N) is 4. The molecule has 124 valence electrons. The lowest BCUT2D eigenvalue weighted by Crippen LogP contribution is -2.33. The van der Waals surface area contributed by atoms with Gasteiger partial charge in [0.05, 0.1) is 17.8 Å². The standard InChI is InChI=1S/C17H17FN4O2/c1-11-13(10-19)14(20-24-11)9-17(23)22-7-3-6-21(2)15-5-4-12(18)8-16(15)22/h4-5,8H,3,6-7,9H2,1-2H3. The molecule has 0 fully saturated rings. The largest absolute Gasteiger partial charge is 0.373 e. The Hall–Kier alpha value is -2.88. The van der Waals surface area contributed by atoms with Crippen molar-refractivity contribution in [2.45, 2.75) is 19.8 Å². The number of hydrogen-bond donors (Lipinski definition) is 0. The zero-order valence-electron chi connectivity index (χ0n) is 13.5. The van der Waals surface area contributed by atoms with Crippen LogP contribution in [0.15, 0.2) is 22.7 Å². The molecule has 1 aromatic heterocycles. The minimum atomic E-state index is -0.392. The second-order valence-electron chi connectivity index (χ2n) is 5.80. The molecule has 2 aromatic rings. The van der Waals surface area contributed by atoms with Crippen LogP contribution in [-0.2, 0) is 11.2 Å². The van der Waals surface area contributed by atoms with Gasteiger partial charge in [0.1, 0.15) is 23.1 Å². The third kappa shape index (κ3) is 2.83. The predicted octanol–water partition coefficient (Wildman–Crippen LogP) is 2.41. The van der Waals surface area contributed by atoms with Gasteiger partial charge in [-0.05, 0) is 31.5 Å². The summed E-state index contributed by atoms with van der Waals surface area (Å²) in [6.07, 6.45) is 0.710. The van der Waals surface area contributed by atoms with E-state index in [-0.39, 0.29) is 17.9 Å². The molecule has 0 radical (unpaired) electrons. The number of fused-ring (bicyclic) bond motifs is 1. The normalized spacial score (nSPS) is 14.1. The molecule has 1 aliphatic rings. The van der Waals surface area contributed by atoms with Crippen molar-refractivity contribution < 1.29 is 13.7 Å². The molecule has 3 rings (SSSR count). The Morgan fingerprint density at radius 3 is 2.96 bits per heavy atom. The highest BCUT2D eigenvalue weighted by molar-refractivity contribution is 5.98. The fraction of sp³-hybridized carbons (Fsp3) is 0.353. The second-order valence-corrected chi connectivity index (χ2v) is 5.80. The van der Waals surface area contributed by atoms with E-state index in [1.165, 1.54) is 12.1 Å². The van der Waals surface area contributed by atoms with Crippen molar-refractivity contribution in [1.82, 2.24) is 5.16 Å². The maximum Gasteiger partial charge on any atom is 0.233 e. The number of aryl methyl sites for hydroxylation is 1. The van der Waals surface area contributed by atoms with E-state index >= 15 is 0 Å². The van der Waals surface area contributed by atoms with E-state index in [1.54, 1.807) is 17.9 Å². The van der Waals surface area contributed by atoms with Crippen LogP contribution >= 0.6 is 0 Å². The number of carbonyl (C=O) groups is 1. The number of hydrogen-bond acceptors (Lipinski definition) is 5. The predicted molar refractivity (Wildman–Crippen MR) is 86.3 cm³/mol. The zero-order chi connectivity index (χ0) is 17.3. The minimum absolute atomic E-state index is 0.0557. The molecule has 0 N–H and O–H groups in total. The number of aromatic nitrogens is 1. The summed E-state index contributed by atoms with van der Waals surface area (Å²) in [5, 5.41) is 13.0. The average molecular weight is 328 g/mol. The Bertz CT molecular complexity index is 824. The maximum absolute atomic E-state index is 13.7. The Morgan fingerprint density at radius 2 is 2.21 bits per heavy atom. The molecular weight excluding hydrogens is 311 g/mol. The molecule has 1 aliphatic heterocycles. The molecule has 2 heterocycles. The Kier molecular flexibility index (Phi) is 4.21. The first-order chi connectivity index (χ1) is 11.5. The third-order valence-corrected chi connectivity index (χ3v) is 4.18. The molecule has 0 saturated carbocycles. The summed E-state index contributed by atoms with van der Waals surface area (Å²) < 4.78 is 18.7. The lowest BCUT2D eigenvalue weighted by Gasteiger charge is -2.24. The topological polar surface area (TPSA) is 73.4 Å². The van der Waals surface area contributed by atoms with Gasteiger partial charge in [-0.25, -0.2) is 4.39 Å². The van der Waals surface area contributed by atoms with Gasteiger partial charge >= 0.3 is 0 Å². The molecule has 1 aromatic carbocycles. The van der Waals surface area contributed by atoms with Crippen LogP contribution in [0.1, 0.15) is 23.4 Å². The maximum atomic E-state index is 13.7. The quantitative estimate of drug-likeness (QED) is 0.846. The first-order valence-electron chi connectivity index (χ1n) is 7.67. The van der Waals surface area contributed by atoms with Gasteiger partial charge in [0, 0.05) is 20.1 Å². The molecule has 7 heteroatoms. The Labute approximate surface area is 139 Å². The number of carbonyl (C=O) groups excluding carboxylic acids is 1. The van der Waals surface area contributed by atoms with Gasteiger partial charge in [-0.3, -0.25) is 4.79 Å². The fourth-order valence-corrected chi connectivity index (χ4v) is 2.92. The van der Waals surface area contributed by atoms with Crippen molar-refractivity contribution in [3.63, 3.8) is 0 Å². The second kappa shape index (κ2) is 6.32. The summed E-state index contributed by atoms with van der Waals surface area (Å²) in [5.41, 5.74) is 1.95. The first-order valence-corrected chi connectivity index (χ1v) is 7.67. The molecule has 0 aliphatic carbocycles. The molecule has 0 unspecified atom stereocenters. The van der Waals surface area contributed by atoms with Crippen LogP contribution < -0.4 is 9.80 Å². The van der Waals surface area contributed by atoms with E-state index in [9.17, 15) is 9.18 Å². The zero-order valence-corrected chi connectivity index (χ0v) is 13.5. The van der Waals surface area contributed by atoms with Crippen molar-refractivity contribution in [3.05, 3.63) is 41.0 Å². The van der Waals surface area contributed by atoms with Gasteiger partial charge in [0.2, 0.25) is 5.91 Å². The summed E-state index contributed by atoms with van der Waals surface area (Å²) in [5.74, 6) is -0.235. The fourth-order valence-electron chi connectivity index (χ4n) is 2.92. The van der Waals surface area contributed by atoms with E-state index in [0.29, 0.717) is 23.7 Å². The number of rotatable bonds is 2.